The molecule has 2 fully saturated rings. The molecule has 0 heterocycles. The van der Waals surface area contributed by atoms with Gasteiger partial charge in [-0.3, -0.25) is 4.79 Å². The number of hydrogen-bond donors (Lipinski definition) is 3. The second kappa shape index (κ2) is 11.3. The zero-order chi connectivity index (χ0) is 24.8. The summed E-state index contributed by atoms with van der Waals surface area (Å²) in [6.07, 6.45) is 4.82. The molecule has 2 aromatic rings. The van der Waals surface area contributed by atoms with Crippen LogP contribution in [0.1, 0.15) is 67.3 Å². The average molecular weight is 485 g/mol. The van der Waals surface area contributed by atoms with Gasteiger partial charge in [0.2, 0.25) is 5.96 Å². The minimum atomic E-state index is -1.10. The molecule has 2 aliphatic rings. The van der Waals surface area contributed by atoms with Gasteiger partial charge in [0.25, 0.3) is 5.91 Å². The number of anilines is 1. The lowest BCUT2D eigenvalue weighted by atomic mass is 9.91. The van der Waals surface area contributed by atoms with Crippen molar-refractivity contribution in [2.24, 2.45) is 4.99 Å². The lowest BCUT2D eigenvalue weighted by Gasteiger charge is -2.30. The summed E-state index contributed by atoms with van der Waals surface area (Å²) >= 11 is 0. The molecule has 0 unspecified atom stereocenters. The van der Waals surface area contributed by atoms with E-state index in [2.05, 4.69) is 27.0 Å². The number of carbonyl (C=O) groups is 2. The molecule has 9 heteroatoms. The van der Waals surface area contributed by atoms with Gasteiger partial charge in [-0.15, -0.1) is 0 Å². The third-order valence-corrected chi connectivity index (χ3v) is 6.28. The number of alkyl carbamates (subject to hydrolysis) is 1. The molecule has 0 radical (unpaired) electrons. The first-order valence-electron chi connectivity index (χ1n) is 12.1. The Morgan fingerprint density at radius 1 is 0.943 bits per heavy atom. The Morgan fingerprint density at radius 3 is 2.29 bits per heavy atom. The van der Waals surface area contributed by atoms with Crippen molar-refractivity contribution in [3.05, 3.63) is 65.2 Å². The van der Waals surface area contributed by atoms with Crippen molar-refractivity contribution in [2.75, 3.05) is 11.9 Å². The van der Waals surface area contributed by atoms with Gasteiger partial charge in [-0.05, 0) is 81.2 Å². The predicted octanol–water partition coefficient (Wildman–Crippen LogP) is 5.10. The Kier molecular flexibility index (Phi) is 7.94. The first-order valence-corrected chi connectivity index (χ1v) is 12.1. The van der Waals surface area contributed by atoms with E-state index in [-0.39, 0.29) is 23.6 Å². The molecule has 7 nitrogen and oxygen atoms in total. The van der Waals surface area contributed by atoms with E-state index in [1.54, 1.807) is 6.92 Å². The van der Waals surface area contributed by atoms with Crippen LogP contribution in [-0.2, 0) is 4.74 Å². The monoisotopic (exact) mass is 484 g/mol. The molecule has 0 bridgehead atoms. The summed E-state index contributed by atoms with van der Waals surface area (Å²) in [6.45, 7) is 2.08. The second-order valence-corrected chi connectivity index (χ2v) is 8.94. The molecular formula is C26H30F2N4O3. The molecule has 35 heavy (non-hydrogen) atoms. The van der Waals surface area contributed by atoms with Crippen molar-refractivity contribution in [3.8, 4) is 0 Å². The number of halogens is 2. The Labute approximate surface area is 203 Å². The van der Waals surface area contributed by atoms with E-state index in [1.165, 1.54) is 6.07 Å². The van der Waals surface area contributed by atoms with Gasteiger partial charge in [-0.25, -0.2) is 13.6 Å². The van der Waals surface area contributed by atoms with Gasteiger partial charge >= 0.3 is 6.09 Å². The maximum absolute atomic E-state index is 13.7. The normalized spacial score (nSPS) is 20.1. The number of benzene rings is 2. The van der Waals surface area contributed by atoms with Crippen molar-refractivity contribution in [1.82, 2.24) is 10.6 Å². The fourth-order valence-electron chi connectivity index (χ4n) is 4.30. The standard InChI is InChI=1S/C26H30F2N4O3/c1-2-35-26(34)30-19-12-10-18(11-13-19)29-25(31-23-6-4-3-5-20(23)16-7-8-16)32-24(33)17-9-14-21(27)22(28)15-17/h3-6,9,14-16,18-19H,2,7-8,10-13H2,1H3,(H,30,34)(H2,29,31,32,33)/t18-,19-. The number of nitrogens with one attached hydrogen (secondary N) is 3. The summed E-state index contributed by atoms with van der Waals surface area (Å²) in [5.74, 6) is -2.06. The second-order valence-electron chi connectivity index (χ2n) is 8.94. The minimum Gasteiger partial charge on any atom is -0.450 e. The largest absolute Gasteiger partial charge is 0.450 e. The van der Waals surface area contributed by atoms with Gasteiger partial charge in [-0.1, -0.05) is 18.2 Å². The zero-order valence-corrected chi connectivity index (χ0v) is 19.7. The Morgan fingerprint density at radius 2 is 1.63 bits per heavy atom. The molecule has 0 aliphatic heterocycles. The molecule has 2 amide bonds. The Hall–Kier alpha value is -3.49. The minimum absolute atomic E-state index is 0.0207. The van der Waals surface area contributed by atoms with E-state index in [1.807, 2.05) is 18.2 Å². The number of hydrogen-bond acceptors (Lipinski definition) is 3. The maximum Gasteiger partial charge on any atom is 0.407 e. The number of rotatable bonds is 6. The highest BCUT2D eigenvalue weighted by molar-refractivity contribution is 6.07. The summed E-state index contributed by atoms with van der Waals surface area (Å²) in [7, 11) is 0. The summed E-state index contributed by atoms with van der Waals surface area (Å²) in [5.41, 5.74) is 1.98. The van der Waals surface area contributed by atoms with Crippen molar-refractivity contribution in [3.63, 3.8) is 0 Å². The third-order valence-electron chi connectivity index (χ3n) is 6.28. The molecule has 0 spiro atoms. The first-order chi connectivity index (χ1) is 16.9. The van der Waals surface area contributed by atoms with Crippen LogP contribution in [-0.4, -0.2) is 36.7 Å². The summed E-state index contributed by atoms with van der Waals surface area (Å²) in [4.78, 5) is 28.7. The van der Waals surface area contributed by atoms with Crippen LogP contribution in [0.25, 0.3) is 0 Å². The molecule has 0 aromatic heterocycles. The molecule has 3 N–H and O–H groups in total. The Bertz CT molecular complexity index is 1100. The molecule has 2 saturated carbocycles. The van der Waals surface area contributed by atoms with Gasteiger partial charge in [0, 0.05) is 23.3 Å². The third kappa shape index (κ3) is 6.77. The smallest absolute Gasteiger partial charge is 0.407 e. The quantitative estimate of drug-likeness (QED) is 0.392. The maximum atomic E-state index is 13.7. The van der Waals surface area contributed by atoms with Crippen LogP contribution in [0, 0.1) is 11.6 Å². The van der Waals surface area contributed by atoms with Gasteiger partial charge in [0.05, 0.1) is 6.61 Å². The predicted molar refractivity (Wildman–Crippen MR) is 130 cm³/mol. The van der Waals surface area contributed by atoms with Crippen molar-refractivity contribution < 1.29 is 23.1 Å². The van der Waals surface area contributed by atoms with E-state index in [9.17, 15) is 18.4 Å². The van der Waals surface area contributed by atoms with Crippen molar-refractivity contribution in [1.29, 1.82) is 0 Å². The molecular weight excluding hydrogens is 454 g/mol. The lowest BCUT2D eigenvalue weighted by molar-refractivity contribution is 0.100. The molecule has 2 aliphatic carbocycles. The topological polar surface area (TPSA) is 91.8 Å². The van der Waals surface area contributed by atoms with E-state index >= 15 is 0 Å². The molecule has 186 valence electrons. The van der Waals surface area contributed by atoms with E-state index in [4.69, 9.17) is 4.74 Å². The number of aliphatic imine (C=N–C) groups is 1. The van der Waals surface area contributed by atoms with Gasteiger partial charge < -0.3 is 20.7 Å². The first kappa shape index (κ1) is 24.6. The van der Waals surface area contributed by atoms with Crippen LogP contribution in [0.2, 0.25) is 0 Å². The lowest BCUT2D eigenvalue weighted by Crippen LogP contribution is -2.45. The van der Waals surface area contributed by atoms with Crippen LogP contribution in [0.15, 0.2) is 47.5 Å². The van der Waals surface area contributed by atoms with Crippen LogP contribution < -0.4 is 16.0 Å². The summed E-state index contributed by atoms with van der Waals surface area (Å²) in [5, 5.41) is 9.46. The molecule has 4 rings (SSSR count). The van der Waals surface area contributed by atoms with Crippen LogP contribution in [0.5, 0.6) is 0 Å². The number of carbonyl (C=O) groups excluding carboxylic acids is 2. The number of amides is 2. The zero-order valence-electron chi connectivity index (χ0n) is 19.7. The van der Waals surface area contributed by atoms with Crippen LogP contribution in [0.4, 0.5) is 19.3 Å². The number of nitrogens with zero attached hydrogens (tertiary/aromatic N) is 1. The van der Waals surface area contributed by atoms with Gasteiger partial charge in [-0.2, -0.15) is 4.99 Å². The van der Waals surface area contributed by atoms with Crippen molar-refractivity contribution >= 4 is 23.6 Å². The van der Waals surface area contributed by atoms with Gasteiger partial charge in [0.15, 0.2) is 11.6 Å². The van der Waals surface area contributed by atoms with Gasteiger partial charge in [0.1, 0.15) is 0 Å². The summed E-state index contributed by atoms with van der Waals surface area (Å²) < 4.78 is 32.0. The summed E-state index contributed by atoms with van der Waals surface area (Å²) in [6, 6.07) is 10.9. The van der Waals surface area contributed by atoms with Crippen molar-refractivity contribution in [2.45, 2.75) is 63.5 Å². The number of guanidine groups is 1. The van der Waals surface area contributed by atoms with E-state index in [0.717, 1.165) is 61.9 Å². The average Bonchev–Trinajstić information content (AvgIpc) is 3.68. The molecule has 0 atom stereocenters. The van der Waals surface area contributed by atoms with E-state index in [0.29, 0.717) is 12.5 Å². The van der Waals surface area contributed by atoms with Crippen LogP contribution in [0.3, 0.4) is 0 Å². The SMILES string of the molecule is CCOC(=O)N[C@H]1CC[C@H](N/C(=N\C(=O)c2ccc(F)c(F)c2)Nc2ccccc2C2CC2)CC1. The number of ether oxygens (including phenoxy) is 1. The molecule has 0 saturated heterocycles. The molecule has 2 aromatic carbocycles. The highest BCUT2D eigenvalue weighted by Gasteiger charge is 2.27. The fraction of sp³-hybridized carbons (Fsp3) is 0.423. The van der Waals surface area contributed by atoms with Crippen LogP contribution >= 0.6 is 0 Å². The Balaban J connectivity index is 1.48. The van der Waals surface area contributed by atoms with E-state index < -0.39 is 23.6 Å². The number of para-hydroxylation sites is 1. The highest BCUT2D eigenvalue weighted by atomic mass is 19.2. The highest BCUT2D eigenvalue weighted by Crippen LogP contribution is 2.43. The fourth-order valence-corrected chi connectivity index (χ4v) is 4.30.